The molecule has 0 aromatic rings. The number of rotatable bonds is 2. The molecule has 0 spiro atoms. The van der Waals surface area contributed by atoms with Gasteiger partial charge < -0.3 is 10.4 Å². The molecule has 0 saturated carbocycles. The highest BCUT2D eigenvalue weighted by atomic mass is 16.3. The maximum Gasteiger partial charge on any atom is 0.0705 e. The molecule has 0 aliphatic carbocycles. The van der Waals surface area contributed by atoms with Crippen molar-refractivity contribution in [2.45, 2.75) is 51.3 Å². The second-order valence-electron chi connectivity index (χ2n) is 3.24. The van der Waals surface area contributed by atoms with Gasteiger partial charge in [-0.3, -0.25) is 0 Å². The topological polar surface area (TPSA) is 32.3 Å². The number of aliphatic hydroxyl groups excluding tert-OH is 1. The van der Waals surface area contributed by atoms with E-state index in [-0.39, 0.29) is 6.10 Å². The maximum absolute atomic E-state index is 9.33. The van der Waals surface area contributed by atoms with Gasteiger partial charge in [0, 0.05) is 12.1 Å². The van der Waals surface area contributed by atoms with Crippen LogP contribution in [-0.4, -0.2) is 23.3 Å². The van der Waals surface area contributed by atoms with Crippen molar-refractivity contribution in [1.82, 2.24) is 5.32 Å². The van der Waals surface area contributed by atoms with Gasteiger partial charge in [0.2, 0.25) is 0 Å². The van der Waals surface area contributed by atoms with Crippen LogP contribution in [0.15, 0.2) is 0 Å². The second-order valence-corrected chi connectivity index (χ2v) is 3.24. The van der Waals surface area contributed by atoms with Crippen LogP contribution in [0.3, 0.4) is 0 Å². The van der Waals surface area contributed by atoms with Gasteiger partial charge in [0.1, 0.15) is 0 Å². The van der Waals surface area contributed by atoms with Crippen molar-refractivity contribution in [2.24, 2.45) is 0 Å². The Bertz CT molecular complexity index is 95.4. The third-order valence-corrected chi connectivity index (χ3v) is 2.24. The first-order chi connectivity index (χ1) is 4.74. The lowest BCUT2D eigenvalue weighted by Crippen LogP contribution is -2.29. The molecule has 0 bridgehead atoms. The van der Waals surface area contributed by atoms with E-state index in [4.69, 9.17) is 0 Å². The molecule has 0 amide bonds. The lowest BCUT2D eigenvalue weighted by molar-refractivity contribution is 0.164. The van der Waals surface area contributed by atoms with Gasteiger partial charge in [-0.05, 0) is 19.8 Å². The second kappa shape index (κ2) is 3.35. The first-order valence-electron chi connectivity index (χ1n) is 4.18. The zero-order valence-corrected chi connectivity index (χ0v) is 6.80. The van der Waals surface area contributed by atoms with Crippen molar-refractivity contribution in [3.8, 4) is 0 Å². The first-order valence-corrected chi connectivity index (χ1v) is 4.18. The van der Waals surface area contributed by atoms with Crippen LogP contribution in [0, 0.1) is 0 Å². The highest BCUT2D eigenvalue weighted by molar-refractivity contribution is 4.87. The Kier molecular flexibility index (Phi) is 2.69. The van der Waals surface area contributed by atoms with Crippen molar-refractivity contribution in [1.29, 1.82) is 0 Å². The minimum Gasteiger partial charge on any atom is -0.391 e. The number of nitrogens with one attached hydrogen (secondary N) is 1. The van der Waals surface area contributed by atoms with Gasteiger partial charge in [0.15, 0.2) is 0 Å². The van der Waals surface area contributed by atoms with Crippen molar-refractivity contribution in [3.05, 3.63) is 0 Å². The van der Waals surface area contributed by atoms with Gasteiger partial charge in [-0.2, -0.15) is 0 Å². The molecule has 1 rings (SSSR count). The molecular formula is C8H17NO. The van der Waals surface area contributed by atoms with Gasteiger partial charge in [0.05, 0.1) is 6.10 Å². The van der Waals surface area contributed by atoms with E-state index < -0.39 is 0 Å². The maximum atomic E-state index is 9.33. The van der Waals surface area contributed by atoms with Gasteiger partial charge >= 0.3 is 0 Å². The molecular weight excluding hydrogens is 126 g/mol. The number of hydrogen-bond donors (Lipinski definition) is 2. The van der Waals surface area contributed by atoms with Crippen LogP contribution in [0.2, 0.25) is 0 Å². The molecule has 3 atom stereocenters. The molecule has 2 heteroatoms. The molecule has 2 N–H and O–H groups in total. The molecule has 0 aromatic heterocycles. The summed E-state index contributed by atoms with van der Waals surface area (Å²) in [5.74, 6) is 0. The molecule has 60 valence electrons. The van der Waals surface area contributed by atoms with Gasteiger partial charge in [0.25, 0.3) is 0 Å². The molecule has 1 fully saturated rings. The van der Waals surface area contributed by atoms with E-state index in [1.807, 2.05) is 6.92 Å². The van der Waals surface area contributed by atoms with Gasteiger partial charge in [-0.25, -0.2) is 0 Å². The smallest absolute Gasteiger partial charge is 0.0705 e. The van der Waals surface area contributed by atoms with Crippen LogP contribution < -0.4 is 5.32 Å². The van der Waals surface area contributed by atoms with Crippen LogP contribution >= 0.6 is 0 Å². The van der Waals surface area contributed by atoms with Crippen molar-refractivity contribution in [2.75, 3.05) is 0 Å². The molecule has 0 aromatic carbocycles. The van der Waals surface area contributed by atoms with Gasteiger partial charge in [-0.15, -0.1) is 0 Å². The van der Waals surface area contributed by atoms with Crippen molar-refractivity contribution < 1.29 is 5.11 Å². The summed E-state index contributed by atoms with van der Waals surface area (Å²) in [6.07, 6.45) is 3.23. The lowest BCUT2D eigenvalue weighted by atomic mass is 10.1. The summed E-state index contributed by atoms with van der Waals surface area (Å²) in [7, 11) is 0. The Hall–Kier alpha value is -0.0800. The zero-order valence-electron chi connectivity index (χ0n) is 6.80. The summed E-state index contributed by atoms with van der Waals surface area (Å²) >= 11 is 0. The van der Waals surface area contributed by atoms with E-state index in [1.54, 1.807) is 0 Å². The Balaban J connectivity index is 2.27. The third-order valence-electron chi connectivity index (χ3n) is 2.24. The highest BCUT2D eigenvalue weighted by Gasteiger charge is 2.27. The molecule has 1 saturated heterocycles. The molecule has 1 aliphatic heterocycles. The molecule has 0 radical (unpaired) electrons. The Morgan fingerprint density at radius 2 is 2.30 bits per heavy atom. The quantitative estimate of drug-likeness (QED) is 0.602. The average molecular weight is 143 g/mol. The minimum atomic E-state index is -0.114. The van der Waals surface area contributed by atoms with E-state index in [2.05, 4.69) is 12.2 Å². The normalized spacial score (nSPS) is 40.5. The van der Waals surface area contributed by atoms with Crippen molar-refractivity contribution in [3.63, 3.8) is 0 Å². The summed E-state index contributed by atoms with van der Waals surface area (Å²) in [5.41, 5.74) is 0. The number of hydrogen-bond acceptors (Lipinski definition) is 2. The molecule has 1 heterocycles. The fraction of sp³-hybridized carbons (Fsp3) is 1.00. The largest absolute Gasteiger partial charge is 0.391 e. The van der Waals surface area contributed by atoms with E-state index in [0.29, 0.717) is 12.1 Å². The predicted molar refractivity (Wildman–Crippen MR) is 41.9 cm³/mol. The lowest BCUT2D eigenvalue weighted by Gasteiger charge is -2.08. The fourth-order valence-corrected chi connectivity index (χ4v) is 1.60. The average Bonchev–Trinajstić information content (AvgIpc) is 2.14. The first kappa shape index (κ1) is 8.02. The standard InChI is InChI=1S/C8H17NO/c1-3-4-7-5-8(10)6(2)9-7/h6-10H,3-5H2,1-2H3. The Morgan fingerprint density at radius 3 is 2.70 bits per heavy atom. The van der Waals surface area contributed by atoms with Crippen LogP contribution in [0.5, 0.6) is 0 Å². The molecule has 10 heavy (non-hydrogen) atoms. The summed E-state index contributed by atoms with van der Waals surface area (Å²) in [6.45, 7) is 4.22. The molecule has 2 nitrogen and oxygen atoms in total. The highest BCUT2D eigenvalue weighted by Crippen LogP contribution is 2.16. The monoisotopic (exact) mass is 143 g/mol. The summed E-state index contributed by atoms with van der Waals surface area (Å²) in [5, 5.41) is 12.7. The Morgan fingerprint density at radius 1 is 1.60 bits per heavy atom. The summed E-state index contributed by atoms with van der Waals surface area (Å²) < 4.78 is 0. The fourth-order valence-electron chi connectivity index (χ4n) is 1.60. The van der Waals surface area contributed by atoms with Crippen LogP contribution in [0.1, 0.15) is 33.1 Å². The van der Waals surface area contributed by atoms with E-state index >= 15 is 0 Å². The zero-order chi connectivity index (χ0) is 7.56. The molecule has 3 unspecified atom stereocenters. The van der Waals surface area contributed by atoms with Crippen LogP contribution in [0.25, 0.3) is 0 Å². The van der Waals surface area contributed by atoms with Crippen molar-refractivity contribution >= 4 is 0 Å². The minimum absolute atomic E-state index is 0.114. The molecule has 1 aliphatic rings. The van der Waals surface area contributed by atoms with Gasteiger partial charge in [-0.1, -0.05) is 13.3 Å². The predicted octanol–water partition coefficient (Wildman–Crippen LogP) is 0.898. The Labute approximate surface area is 62.6 Å². The van der Waals surface area contributed by atoms with E-state index in [9.17, 15) is 5.11 Å². The third kappa shape index (κ3) is 1.70. The van der Waals surface area contributed by atoms with E-state index in [0.717, 1.165) is 6.42 Å². The summed E-state index contributed by atoms with van der Waals surface area (Å²) in [4.78, 5) is 0. The van der Waals surface area contributed by atoms with E-state index in [1.165, 1.54) is 12.8 Å². The summed E-state index contributed by atoms with van der Waals surface area (Å²) in [6, 6.07) is 0.867. The number of aliphatic hydroxyl groups is 1. The van der Waals surface area contributed by atoms with Crippen LogP contribution in [-0.2, 0) is 0 Å². The van der Waals surface area contributed by atoms with Crippen LogP contribution in [0.4, 0.5) is 0 Å². The SMILES string of the molecule is CCCC1CC(O)C(C)N1.